The van der Waals surface area contributed by atoms with Gasteiger partial charge >= 0.3 is 0 Å². The number of para-hydroxylation sites is 2. The van der Waals surface area contributed by atoms with Crippen LogP contribution in [-0.4, -0.2) is 31.3 Å². The molecule has 1 aromatic heterocycles. The van der Waals surface area contributed by atoms with Crippen molar-refractivity contribution in [1.29, 1.82) is 0 Å². The Morgan fingerprint density at radius 1 is 0.972 bits per heavy atom. The first-order valence-electron chi connectivity index (χ1n) is 11.3. The Hall–Kier alpha value is -4.18. The number of hydrogen-bond acceptors (Lipinski definition) is 7. The summed E-state index contributed by atoms with van der Waals surface area (Å²) in [7, 11) is 0. The first-order valence-corrected chi connectivity index (χ1v) is 12.3. The molecule has 1 amide bonds. The third-order valence-corrected chi connectivity index (χ3v) is 6.57. The summed E-state index contributed by atoms with van der Waals surface area (Å²) >= 11 is 1.25. The van der Waals surface area contributed by atoms with E-state index in [1.165, 1.54) is 17.8 Å². The zero-order valence-corrected chi connectivity index (χ0v) is 21.0. The van der Waals surface area contributed by atoms with E-state index in [-0.39, 0.29) is 17.3 Å². The van der Waals surface area contributed by atoms with Gasteiger partial charge in [-0.05, 0) is 50.1 Å². The van der Waals surface area contributed by atoms with Gasteiger partial charge in [0.25, 0.3) is 5.69 Å². The lowest BCUT2D eigenvalue weighted by molar-refractivity contribution is -0.385. The molecular formula is C26H26N6O3S. The second-order valence-corrected chi connectivity index (χ2v) is 9.23. The van der Waals surface area contributed by atoms with Crippen LogP contribution in [0.1, 0.15) is 22.5 Å². The number of aromatic nitrogens is 3. The molecule has 0 atom stereocenters. The van der Waals surface area contributed by atoms with Gasteiger partial charge in [-0.25, -0.2) is 0 Å². The summed E-state index contributed by atoms with van der Waals surface area (Å²) in [4.78, 5) is 23.4. The predicted octanol–water partition coefficient (Wildman–Crippen LogP) is 5.44. The SMILES string of the molecule is Cc1ccc(NC(=O)CSc2nnc(CNc3c(C)cccc3C)n2-c2ccccc2)cc1[N+](=O)[O-]. The Morgan fingerprint density at radius 3 is 2.39 bits per heavy atom. The summed E-state index contributed by atoms with van der Waals surface area (Å²) in [6, 6.07) is 20.5. The summed E-state index contributed by atoms with van der Waals surface area (Å²) < 4.78 is 1.93. The molecule has 10 heteroatoms. The Balaban J connectivity index is 1.51. The summed E-state index contributed by atoms with van der Waals surface area (Å²) in [5, 5.41) is 26.7. The van der Waals surface area contributed by atoms with Crippen molar-refractivity contribution in [2.75, 3.05) is 16.4 Å². The molecule has 0 bridgehead atoms. The van der Waals surface area contributed by atoms with Crippen LogP contribution in [0.5, 0.6) is 0 Å². The zero-order chi connectivity index (χ0) is 25.7. The molecule has 0 spiro atoms. The molecular weight excluding hydrogens is 476 g/mol. The molecule has 0 aliphatic rings. The van der Waals surface area contributed by atoms with E-state index >= 15 is 0 Å². The third-order valence-electron chi connectivity index (χ3n) is 5.64. The van der Waals surface area contributed by atoms with Gasteiger partial charge in [0.1, 0.15) is 0 Å². The lowest BCUT2D eigenvalue weighted by Gasteiger charge is -2.14. The van der Waals surface area contributed by atoms with Crippen LogP contribution >= 0.6 is 11.8 Å². The highest BCUT2D eigenvalue weighted by Crippen LogP contribution is 2.26. The average Bonchev–Trinajstić information content (AvgIpc) is 3.27. The standard InChI is InChI=1S/C26H26N6O3S/c1-17-12-13-20(14-22(17)32(34)35)28-24(33)16-36-26-30-29-23(31(26)21-10-5-4-6-11-21)15-27-25-18(2)8-7-9-19(25)3/h4-14,27H,15-16H2,1-3H3,(H,28,33). The Morgan fingerprint density at radius 2 is 1.69 bits per heavy atom. The number of carbonyl (C=O) groups is 1. The minimum atomic E-state index is -0.462. The van der Waals surface area contributed by atoms with Crippen molar-refractivity contribution in [1.82, 2.24) is 14.8 Å². The summed E-state index contributed by atoms with van der Waals surface area (Å²) in [5.74, 6) is 0.480. The van der Waals surface area contributed by atoms with Crippen LogP contribution < -0.4 is 10.6 Å². The fourth-order valence-corrected chi connectivity index (χ4v) is 4.59. The van der Waals surface area contributed by atoms with Gasteiger partial charge in [-0.2, -0.15) is 0 Å². The highest BCUT2D eigenvalue weighted by Gasteiger charge is 2.17. The highest BCUT2D eigenvalue weighted by atomic mass is 32.2. The van der Waals surface area contributed by atoms with Crippen LogP contribution in [0.4, 0.5) is 17.1 Å². The number of hydrogen-bond donors (Lipinski definition) is 2. The quantitative estimate of drug-likeness (QED) is 0.178. The smallest absolute Gasteiger partial charge is 0.274 e. The van der Waals surface area contributed by atoms with Crippen molar-refractivity contribution in [3.8, 4) is 5.69 Å². The highest BCUT2D eigenvalue weighted by molar-refractivity contribution is 7.99. The van der Waals surface area contributed by atoms with Gasteiger partial charge in [-0.15, -0.1) is 10.2 Å². The van der Waals surface area contributed by atoms with Gasteiger partial charge in [-0.3, -0.25) is 19.5 Å². The van der Waals surface area contributed by atoms with Gasteiger partial charge < -0.3 is 10.6 Å². The topological polar surface area (TPSA) is 115 Å². The normalized spacial score (nSPS) is 10.8. The first kappa shape index (κ1) is 24.9. The van der Waals surface area contributed by atoms with Gasteiger partial charge in [-0.1, -0.05) is 54.2 Å². The second kappa shape index (κ2) is 11.0. The molecule has 9 nitrogen and oxygen atoms in total. The van der Waals surface area contributed by atoms with Crippen LogP contribution in [-0.2, 0) is 11.3 Å². The molecule has 3 aromatic carbocycles. The number of nitro benzene ring substituents is 1. The van der Waals surface area contributed by atoms with E-state index in [0.29, 0.717) is 28.8 Å². The largest absolute Gasteiger partial charge is 0.377 e. The number of thioether (sulfide) groups is 1. The summed E-state index contributed by atoms with van der Waals surface area (Å²) in [5.41, 5.74) is 5.10. The van der Waals surface area contributed by atoms with E-state index in [9.17, 15) is 14.9 Å². The van der Waals surface area contributed by atoms with Gasteiger partial charge in [0.15, 0.2) is 11.0 Å². The molecule has 0 saturated carbocycles. The van der Waals surface area contributed by atoms with Crippen LogP contribution in [0.15, 0.2) is 71.9 Å². The van der Waals surface area contributed by atoms with E-state index in [2.05, 4.69) is 46.8 Å². The molecule has 4 aromatic rings. The maximum Gasteiger partial charge on any atom is 0.274 e. The Kier molecular flexibility index (Phi) is 7.65. The van der Waals surface area contributed by atoms with Crippen molar-refractivity contribution in [3.05, 3.63) is 99.4 Å². The molecule has 0 fully saturated rings. The van der Waals surface area contributed by atoms with E-state index in [1.54, 1.807) is 19.1 Å². The molecule has 0 radical (unpaired) electrons. The number of carbonyl (C=O) groups excluding carboxylic acids is 1. The minimum Gasteiger partial charge on any atom is -0.377 e. The molecule has 0 saturated heterocycles. The minimum absolute atomic E-state index is 0.0368. The van der Waals surface area contributed by atoms with Crippen molar-refractivity contribution in [3.63, 3.8) is 0 Å². The molecule has 0 unspecified atom stereocenters. The molecule has 184 valence electrons. The fourth-order valence-electron chi connectivity index (χ4n) is 3.82. The number of amides is 1. The zero-order valence-electron chi connectivity index (χ0n) is 20.2. The average molecular weight is 503 g/mol. The van der Waals surface area contributed by atoms with E-state index in [1.807, 2.05) is 41.0 Å². The van der Waals surface area contributed by atoms with Gasteiger partial charge in [0.05, 0.1) is 17.2 Å². The van der Waals surface area contributed by atoms with Crippen molar-refractivity contribution in [2.24, 2.45) is 0 Å². The molecule has 1 heterocycles. The number of anilines is 2. The number of nitro groups is 1. The van der Waals surface area contributed by atoms with Crippen LogP contribution in [0.25, 0.3) is 5.69 Å². The summed E-state index contributed by atoms with van der Waals surface area (Å²) in [6.45, 7) is 6.22. The van der Waals surface area contributed by atoms with Gasteiger partial charge in [0, 0.05) is 28.7 Å². The number of aryl methyl sites for hydroxylation is 3. The fraction of sp³-hybridized carbons (Fsp3) is 0.192. The third kappa shape index (κ3) is 5.72. The number of nitrogens with zero attached hydrogens (tertiary/aromatic N) is 4. The molecule has 0 aliphatic carbocycles. The van der Waals surface area contributed by atoms with Gasteiger partial charge in [0.2, 0.25) is 5.91 Å². The first-order chi connectivity index (χ1) is 17.3. The predicted molar refractivity (Wildman–Crippen MR) is 142 cm³/mol. The van der Waals surface area contributed by atoms with Crippen molar-refractivity contribution in [2.45, 2.75) is 32.5 Å². The van der Waals surface area contributed by atoms with E-state index in [0.717, 1.165) is 22.5 Å². The van der Waals surface area contributed by atoms with Crippen LogP contribution in [0, 0.1) is 30.9 Å². The molecule has 4 rings (SSSR count). The lowest BCUT2D eigenvalue weighted by Crippen LogP contribution is -2.15. The Bertz CT molecular complexity index is 1380. The van der Waals surface area contributed by atoms with Crippen molar-refractivity contribution < 1.29 is 9.72 Å². The number of rotatable bonds is 9. The van der Waals surface area contributed by atoms with E-state index in [4.69, 9.17) is 0 Å². The Labute approximate surface area is 213 Å². The number of benzene rings is 3. The van der Waals surface area contributed by atoms with Crippen LogP contribution in [0.2, 0.25) is 0 Å². The van der Waals surface area contributed by atoms with Crippen LogP contribution in [0.3, 0.4) is 0 Å². The maximum absolute atomic E-state index is 12.6. The number of nitrogens with one attached hydrogen (secondary N) is 2. The lowest BCUT2D eigenvalue weighted by atomic mass is 10.1. The second-order valence-electron chi connectivity index (χ2n) is 8.29. The molecule has 0 aliphatic heterocycles. The maximum atomic E-state index is 12.6. The summed E-state index contributed by atoms with van der Waals surface area (Å²) in [6.07, 6.45) is 0. The molecule has 2 N–H and O–H groups in total. The van der Waals surface area contributed by atoms with E-state index < -0.39 is 4.92 Å². The molecule has 36 heavy (non-hydrogen) atoms. The van der Waals surface area contributed by atoms with Crippen molar-refractivity contribution >= 4 is 34.7 Å². The monoisotopic (exact) mass is 502 g/mol.